The molecule has 9 heteroatoms. The Morgan fingerprint density at radius 3 is 2.50 bits per heavy atom. The molecule has 0 aliphatic carbocycles. The Morgan fingerprint density at radius 2 is 1.83 bits per heavy atom. The van der Waals surface area contributed by atoms with E-state index < -0.39 is 11.7 Å². The van der Waals surface area contributed by atoms with Crippen molar-refractivity contribution in [3.8, 4) is 0 Å². The number of guanidine groups is 1. The highest BCUT2D eigenvalue weighted by molar-refractivity contribution is 5.79. The van der Waals surface area contributed by atoms with Crippen LogP contribution in [0.15, 0.2) is 29.3 Å². The molecule has 1 aromatic rings. The fraction of sp³-hybridized carbons (Fsp3) is 0.667. The Hall–Kier alpha value is -2.00. The van der Waals surface area contributed by atoms with E-state index in [1.807, 2.05) is 11.8 Å². The van der Waals surface area contributed by atoms with E-state index in [1.54, 1.807) is 13.1 Å². The van der Waals surface area contributed by atoms with Gasteiger partial charge in [0.2, 0.25) is 0 Å². The Bertz CT molecular complexity index is 646. The van der Waals surface area contributed by atoms with Crippen LogP contribution in [0.25, 0.3) is 0 Å². The lowest BCUT2D eigenvalue weighted by Gasteiger charge is -2.36. The number of nitrogens with zero attached hydrogens (tertiary/aromatic N) is 3. The van der Waals surface area contributed by atoms with Crippen molar-refractivity contribution in [1.29, 1.82) is 0 Å². The zero-order valence-electron chi connectivity index (χ0n) is 18.0. The molecule has 0 saturated carbocycles. The standard InChI is InChI=1S/C21H34F3N5O/c1-3-30-16-10-27-20(25-2)26-9-4-5-11-28-12-14-29(15-13-28)19-8-6-7-18(17-19)21(22,23)24/h6-8,17H,3-5,9-16H2,1-2H3,(H2,25,26,27). The number of ether oxygens (including phenoxy) is 1. The number of piperazine rings is 1. The third kappa shape index (κ3) is 8.39. The number of aliphatic imine (C=N–C) groups is 1. The minimum absolute atomic E-state index is 0.586. The summed E-state index contributed by atoms with van der Waals surface area (Å²) in [4.78, 5) is 8.59. The van der Waals surface area contributed by atoms with Crippen LogP contribution in [0.3, 0.4) is 0 Å². The molecule has 2 rings (SSSR count). The van der Waals surface area contributed by atoms with E-state index >= 15 is 0 Å². The number of unbranched alkanes of at least 4 members (excludes halogenated alkanes) is 1. The van der Waals surface area contributed by atoms with Gasteiger partial charge >= 0.3 is 6.18 Å². The number of halogens is 3. The van der Waals surface area contributed by atoms with Crippen molar-refractivity contribution in [1.82, 2.24) is 15.5 Å². The summed E-state index contributed by atoms with van der Waals surface area (Å²) in [5.41, 5.74) is 0.0641. The lowest BCUT2D eigenvalue weighted by atomic mass is 10.1. The van der Waals surface area contributed by atoms with Crippen LogP contribution in [0.2, 0.25) is 0 Å². The summed E-state index contributed by atoms with van der Waals surface area (Å²) in [6.07, 6.45) is -2.21. The van der Waals surface area contributed by atoms with Crippen molar-refractivity contribution in [3.05, 3.63) is 29.8 Å². The molecule has 0 radical (unpaired) electrons. The monoisotopic (exact) mass is 429 g/mol. The molecule has 30 heavy (non-hydrogen) atoms. The maximum absolute atomic E-state index is 12.9. The zero-order valence-corrected chi connectivity index (χ0v) is 18.0. The second-order valence-corrected chi connectivity index (χ2v) is 7.21. The van der Waals surface area contributed by atoms with Gasteiger partial charge in [0.05, 0.1) is 12.2 Å². The molecule has 0 atom stereocenters. The summed E-state index contributed by atoms with van der Waals surface area (Å²) in [7, 11) is 1.75. The lowest BCUT2D eigenvalue weighted by molar-refractivity contribution is -0.137. The van der Waals surface area contributed by atoms with E-state index in [1.165, 1.54) is 12.1 Å². The molecule has 0 unspecified atom stereocenters. The SMILES string of the molecule is CCOCCNC(=NC)NCCCCN1CCN(c2cccc(C(F)(F)F)c2)CC1. The molecule has 0 aromatic heterocycles. The summed E-state index contributed by atoms with van der Waals surface area (Å²) in [5.74, 6) is 0.782. The van der Waals surface area contributed by atoms with Gasteiger partial charge in [-0.15, -0.1) is 0 Å². The third-order valence-corrected chi connectivity index (χ3v) is 5.07. The van der Waals surface area contributed by atoms with Crippen LogP contribution in [-0.4, -0.2) is 76.9 Å². The lowest BCUT2D eigenvalue weighted by Crippen LogP contribution is -2.46. The Labute approximate surface area is 177 Å². The van der Waals surface area contributed by atoms with Crippen LogP contribution < -0.4 is 15.5 Å². The van der Waals surface area contributed by atoms with Crippen molar-refractivity contribution >= 4 is 11.6 Å². The second-order valence-electron chi connectivity index (χ2n) is 7.21. The van der Waals surface area contributed by atoms with Gasteiger partial charge in [-0.2, -0.15) is 13.2 Å². The molecule has 6 nitrogen and oxygen atoms in total. The first-order chi connectivity index (χ1) is 14.4. The van der Waals surface area contributed by atoms with Gasteiger partial charge in [0.15, 0.2) is 5.96 Å². The van der Waals surface area contributed by atoms with Gasteiger partial charge < -0.3 is 20.3 Å². The van der Waals surface area contributed by atoms with Crippen LogP contribution in [0, 0.1) is 0 Å². The highest BCUT2D eigenvalue weighted by Crippen LogP contribution is 2.31. The Balaban J connectivity index is 1.62. The molecule has 170 valence electrons. The maximum atomic E-state index is 12.9. The van der Waals surface area contributed by atoms with Crippen molar-refractivity contribution in [2.24, 2.45) is 4.99 Å². The number of anilines is 1. The minimum Gasteiger partial charge on any atom is -0.380 e. The van der Waals surface area contributed by atoms with E-state index in [2.05, 4.69) is 20.5 Å². The molecular weight excluding hydrogens is 395 g/mol. The van der Waals surface area contributed by atoms with Crippen molar-refractivity contribution in [2.45, 2.75) is 25.9 Å². The number of rotatable bonds is 10. The number of benzene rings is 1. The van der Waals surface area contributed by atoms with E-state index in [9.17, 15) is 13.2 Å². The van der Waals surface area contributed by atoms with Gasteiger partial charge in [0, 0.05) is 58.6 Å². The second kappa shape index (κ2) is 12.6. The van der Waals surface area contributed by atoms with E-state index in [-0.39, 0.29) is 0 Å². The molecule has 1 saturated heterocycles. The molecule has 0 spiro atoms. The summed E-state index contributed by atoms with van der Waals surface area (Å²) >= 11 is 0. The van der Waals surface area contributed by atoms with E-state index in [4.69, 9.17) is 4.74 Å². The number of alkyl halides is 3. The topological polar surface area (TPSA) is 52.1 Å². The van der Waals surface area contributed by atoms with Crippen molar-refractivity contribution in [2.75, 3.05) is 71.0 Å². The van der Waals surface area contributed by atoms with Crippen LogP contribution in [0.5, 0.6) is 0 Å². The highest BCUT2D eigenvalue weighted by atomic mass is 19.4. The predicted molar refractivity (Wildman–Crippen MR) is 115 cm³/mol. The Kier molecular flexibility index (Phi) is 10.2. The van der Waals surface area contributed by atoms with Crippen LogP contribution in [0.1, 0.15) is 25.3 Å². The van der Waals surface area contributed by atoms with Crippen LogP contribution >= 0.6 is 0 Å². The largest absolute Gasteiger partial charge is 0.416 e. The normalized spacial score (nSPS) is 16.0. The van der Waals surface area contributed by atoms with E-state index in [0.29, 0.717) is 18.9 Å². The molecule has 0 amide bonds. The van der Waals surface area contributed by atoms with Gasteiger partial charge in [-0.05, 0) is 44.5 Å². The smallest absolute Gasteiger partial charge is 0.380 e. The molecular formula is C21H34F3N5O. The van der Waals surface area contributed by atoms with E-state index in [0.717, 1.165) is 70.7 Å². The summed E-state index contributed by atoms with van der Waals surface area (Å²) in [6.45, 7) is 9.13. The summed E-state index contributed by atoms with van der Waals surface area (Å²) < 4.78 is 44.0. The van der Waals surface area contributed by atoms with Crippen molar-refractivity contribution < 1.29 is 17.9 Å². The first kappa shape index (κ1) is 24.3. The molecule has 1 aliphatic heterocycles. The molecule has 0 bridgehead atoms. The molecule has 1 aromatic carbocycles. The van der Waals surface area contributed by atoms with Crippen LogP contribution in [0.4, 0.5) is 18.9 Å². The Morgan fingerprint density at radius 1 is 1.10 bits per heavy atom. The average Bonchev–Trinajstić information content (AvgIpc) is 2.75. The quantitative estimate of drug-likeness (QED) is 0.340. The third-order valence-electron chi connectivity index (χ3n) is 5.07. The fourth-order valence-corrected chi connectivity index (χ4v) is 3.38. The molecule has 1 fully saturated rings. The molecule has 1 heterocycles. The van der Waals surface area contributed by atoms with Gasteiger partial charge in [0.25, 0.3) is 0 Å². The maximum Gasteiger partial charge on any atom is 0.416 e. The number of hydrogen-bond acceptors (Lipinski definition) is 4. The minimum atomic E-state index is -4.30. The summed E-state index contributed by atoms with van der Waals surface area (Å²) in [5, 5.41) is 6.50. The van der Waals surface area contributed by atoms with Gasteiger partial charge in [-0.3, -0.25) is 9.89 Å². The predicted octanol–water partition coefficient (Wildman–Crippen LogP) is 2.81. The van der Waals surface area contributed by atoms with Gasteiger partial charge in [0.1, 0.15) is 0 Å². The number of nitrogens with one attached hydrogen (secondary N) is 2. The first-order valence-corrected chi connectivity index (χ1v) is 10.6. The van der Waals surface area contributed by atoms with Crippen molar-refractivity contribution in [3.63, 3.8) is 0 Å². The average molecular weight is 430 g/mol. The van der Waals surface area contributed by atoms with Crippen LogP contribution in [-0.2, 0) is 10.9 Å². The highest BCUT2D eigenvalue weighted by Gasteiger charge is 2.31. The fourth-order valence-electron chi connectivity index (χ4n) is 3.38. The first-order valence-electron chi connectivity index (χ1n) is 10.6. The summed E-state index contributed by atoms with van der Waals surface area (Å²) in [6, 6.07) is 5.61. The zero-order chi connectivity index (χ0) is 21.8. The molecule has 2 N–H and O–H groups in total. The molecule has 1 aliphatic rings. The van der Waals surface area contributed by atoms with Gasteiger partial charge in [-0.1, -0.05) is 6.07 Å². The van der Waals surface area contributed by atoms with Gasteiger partial charge in [-0.25, -0.2) is 0 Å². The number of hydrogen-bond donors (Lipinski definition) is 2.